The number of thiazole rings is 1. The quantitative estimate of drug-likeness (QED) is 0.372. The van der Waals surface area contributed by atoms with Crippen LogP contribution in [-0.4, -0.2) is 63.5 Å². The van der Waals surface area contributed by atoms with Gasteiger partial charge < -0.3 is 9.30 Å². The van der Waals surface area contributed by atoms with Gasteiger partial charge in [-0.05, 0) is 49.4 Å². The van der Waals surface area contributed by atoms with E-state index in [9.17, 15) is 26.4 Å². The van der Waals surface area contributed by atoms with E-state index in [0.717, 1.165) is 17.6 Å². The van der Waals surface area contributed by atoms with Crippen molar-refractivity contribution in [3.63, 3.8) is 0 Å². The average molecular weight is 554 g/mol. The van der Waals surface area contributed by atoms with Gasteiger partial charge in [0.15, 0.2) is 14.6 Å². The largest absolute Gasteiger partial charge is 0.465 e. The fourth-order valence-electron chi connectivity index (χ4n) is 3.49. The summed E-state index contributed by atoms with van der Waals surface area (Å²) < 4.78 is 57.7. The van der Waals surface area contributed by atoms with E-state index in [1.165, 1.54) is 45.3 Å². The fraction of sp³-hybridized carbons (Fsp3) is 0.348. The molecule has 1 aromatic heterocycles. The summed E-state index contributed by atoms with van der Waals surface area (Å²) in [6.45, 7) is 5.75. The van der Waals surface area contributed by atoms with Gasteiger partial charge >= 0.3 is 5.97 Å². The first-order chi connectivity index (χ1) is 16.9. The molecule has 0 aliphatic heterocycles. The second-order valence-corrected chi connectivity index (χ2v) is 12.7. The first-order valence-corrected chi connectivity index (χ1v) is 15.3. The molecule has 0 fully saturated rings. The van der Waals surface area contributed by atoms with Gasteiger partial charge in [0.25, 0.3) is 5.91 Å². The molecule has 13 heteroatoms. The molecule has 0 bridgehead atoms. The average Bonchev–Trinajstić information content (AvgIpc) is 3.15. The Labute approximate surface area is 213 Å². The van der Waals surface area contributed by atoms with E-state index in [1.807, 2.05) is 0 Å². The molecule has 0 aliphatic carbocycles. The van der Waals surface area contributed by atoms with E-state index in [4.69, 9.17) is 4.74 Å². The summed E-state index contributed by atoms with van der Waals surface area (Å²) in [5.41, 5.74) is 0.679. The number of nitrogens with zero attached hydrogens (tertiary/aromatic N) is 3. The highest BCUT2D eigenvalue weighted by molar-refractivity contribution is 7.90. The van der Waals surface area contributed by atoms with Crippen molar-refractivity contribution in [1.29, 1.82) is 0 Å². The van der Waals surface area contributed by atoms with Crippen LogP contribution in [-0.2, 0) is 35.9 Å². The van der Waals surface area contributed by atoms with E-state index in [-0.39, 0.29) is 33.3 Å². The van der Waals surface area contributed by atoms with Crippen LogP contribution in [0.5, 0.6) is 0 Å². The number of ether oxygens (including phenoxy) is 1. The summed E-state index contributed by atoms with van der Waals surface area (Å²) in [5, 5.41) is 0. The minimum Gasteiger partial charge on any atom is -0.465 e. The SMILES string of the molecule is CCOC(=O)Cn1c(=NC(=O)c2ccc(S(=O)(=O)N(CC)CC)cc2)sc2cc(S(C)(=O)=O)ccc21. The second kappa shape index (κ2) is 11.0. The number of hydrogen-bond acceptors (Lipinski definition) is 8. The molecule has 1 heterocycles. The number of carbonyl (C=O) groups is 2. The van der Waals surface area contributed by atoms with Gasteiger partial charge in [-0.25, -0.2) is 16.8 Å². The van der Waals surface area contributed by atoms with E-state index in [0.29, 0.717) is 23.3 Å². The van der Waals surface area contributed by atoms with Crippen molar-refractivity contribution in [2.45, 2.75) is 37.1 Å². The van der Waals surface area contributed by atoms with Crippen molar-refractivity contribution >= 4 is 53.3 Å². The summed E-state index contributed by atoms with van der Waals surface area (Å²) in [6.07, 6.45) is 1.09. The zero-order chi connectivity index (χ0) is 26.7. The number of benzene rings is 2. The van der Waals surface area contributed by atoms with Gasteiger partial charge in [0, 0.05) is 24.9 Å². The highest BCUT2D eigenvalue weighted by Crippen LogP contribution is 2.22. The van der Waals surface area contributed by atoms with Crippen LogP contribution in [0, 0.1) is 0 Å². The molecule has 10 nitrogen and oxygen atoms in total. The summed E-state index contributed by atoms with van der Waals surface area (Å²) in [6, 6.07) is 9.91. The molecule has 0 saturated carbocycles. The molecule has 0 atom stereocenters. The summed E-state index contributed by atoms with van der Waals surface area (Å²) in [4.78, 5) is 29.6. The Bertz CT molecular complexity index is 1570. The zero-order valence-electron chi connectivity index (χ0n) is 20.3. The molecular weight excluding hydrogens is 526 g/mol. The molecular formula is C23H27N3O7S3. The van der Waals surface area contributed by atoms with Gasteiger partial charge in [0.2, 0.25) is 10.0 Å². The predicted molar refractivity (Wildman–Crippen MR) is 136 cm³/mol. The third kappa shape index (κ3) is 5.91. The number of aromatic nitrogens is 1. The molecule has 0 saturated heterocycles. The van der Waals surface area contributed by atoms with E-state index < -0.39 is 31.7 Å². The molecule has 1 amide bonds. The van der Waals surface area contributed by atoms with Gasteiger partial charge in [-0.2, -0.15) is 9.30 Å². The van der Waals surface area contributed by atoms with Crippen LogP contribution in [0.15, 0.2) is 57.2 Å². The molecule has 0 spiro atoms. The zero-order valence-corrected chi connectivity index (χ0v) is 22.7. The maximum Gasteiger partial charge on any atom is 0.326 e. The number of rotatable bonds is 9. The first-order valence-electron chi connectivity index (χ1n) is 11.1. The number of sulfone groups is 1. The Kier molecular flexibility index (Phi) is 8.49. The van der Waals surface area contributed by atoms with Crippen LogP contribution in [0.4, 0.5) is 0 Å². The van der Waals surface area contributed by atoms with Gasteiger partial charge in [0.1, 0.15) is 6.54 Å². The summed E-state index contributed by atoms with van der Waals surface area (Å²) in [7, 11) is -7.14. The van der Waals surface area contributed by atoms with Crippen molar-refractivity contribution in [2.24, 2.45) is 4.99 Å². The lowest BCUT2D eigenvalue weighted by atomic mass is 10.2. The van der Waals surface area contributed by atoms with E-state index in [1.54, 1.807) is 26.8 Å². The molecule has 0 aliphatic rings. The Morgan fingerprint density at radius 3 is 2.14 bits per heavy atom. The molecule has 0 unspecified atom stereocenters. The highest BCUT2D eigenvalue weighted by Gasteiger charge is 2.22. The molecule has 3 rings (SSSR count). The van der Waals surface area contributed by atoms with Crippen LogP contribution in [0.1, 0.15) is 31.1 Å². The van der Waals surface area contributed by atoms with Crippen LogP contribution >= 0.6 is 11.3 Å². The Morgan fingerprint density at radius 1 is 0.972 bits per heavy atom. The third-order valence-corrected chi connectivity index (χ3v) is 9.53. The van der Waals surface area contributed by atoms with Crippen LogP contribution in [0.2, 0.25) is 0 Å². The van der Waals surface area contributed by atoms with Gasteiger partial charge in [-0.3, -0.25) is 9.59 Å². The highest BCUT2D eigenvalue weighted by atomic mass is 32.2. The maximum absolute atomic E-state index is 12.9. The summed E-state index contributed by atoms with van der Waals surface area (Å²) in [5.74, 6) is -1.18. The monoisotopic (exact) mass is 553 g/mol. The number of hydrogen-bond donors (Lipinski definition) is 0. The van der Waals surface area contributed by atoms with E-state index in [2.05, 4.69) is 4.99 Å². The van der Waals surface area contributed by atoms with Crippen molar-refractivity contribution in [3.05, 3.63) is 52.8 Å². The lowest BCUT2D eigenvalue weighted by Crippen LogP contribution is -2.30. The molecule has 3 aromatic rings. The topological polar surface area (TPSA) is 132 Å². The Balaban J connectivity index is 2.06. The predicted octanol–water partition coefficient (Wildman–Crippen LogP) is 2.44. The fourth-order valence-corrected chi connectivity index (χ4v) is 6.74. The molecule has 0 N–H and O–H groups in total. The van der Waals surface area contributed by atoms with Crippen molar-refractivity contribution in [3.8, 4) is 0 Å². The van der Waals surface area contributed by atoms with Crippen molar-refractivity contribution in [2.75, 3.05) is 26.0 Å². The van der Waals surface area contributed by atoms with Crippen LogP contribution in [0.3, 0.4) is 0 Å². The van der Waals surface area contributed by atoms with Crippen molar-refractivity contribution < 1.29 is 31.2 Å². The number of carbonyl (C=O) groups excluding carboxylic acids is 2. The normalized spacial score (nSPS) is 12.9. The van der Waals surface area contributed by atoms with Gasteiger partial charge in [0.05, 0.1) is 26.6 Å². The first kappa shape index (κ1) is 27.7. The lowest BCUT2D eigenvalue weighted by Gasteiger charge is -2.18. The standard InChI is InChI=1S/C23H27N3O7S3/c1-5-25(6-2)36(31,32)17-10-8-16(9-11-17)22(28)24-23-26(15-21(27)33-7-3)19-13-12-18(35(4,29)30)14-20(19)34-23/h8-14H,5-7,15H2,1-4H3. The minimum absolute atomic E-state index is 0.0651. The van der Waals surface area contributed by atoms with Gasteiger partial charge in [-0.15, -0.1) is 0 Å². The smallest absolute Gasteiger partial charge is 0.326 e. The van der Waals surface area contributed by atoms with Crippen LogP contribution in [0.25, 0.3) is 10.2 Å². The van der Waals surface area contributed by atoms with E-state index >= 15 is 0 Å². The molecule has 0 radical (unpaired) electrons. The number of amides is 1. The lowest BCUT2D eigenvalue weighted by molar-refractivity contribution is -0.143. The van der Waals surface area contributed by atoms with Crippen LogP contribution < -0.4 is 4.80 Å². The van der Waals surface area contributed by atoms with Gasteiger partial charge in [-0.1, -0.05) is 25.2 Å². The van der Waals surface area contributed by atoms with Crippen molar-refractivity contribution in [1.82, 2.24) is 8.87 Å². The number of esters is 1. The number of sulfonamides is 1. The molecule has 36 heavy (non-hydrogen) atoms. The molecule has 194 valence electrons. The Morgan fingerprint density at radius 2 is 1.58 bits per heavy atom. The number of fused-ring (bicyclic) bond motifs is 1. The molecule has 2 aromatic carbocycles. The third-order valence-electron chi connectivity index (χ3n) is 5.32. The minimum atomic E-state index is -3.67. The Hall–Kier alpha value is -2.87. The summed E-state index contributed by atoms with van der Waals surface area (Å²) >= 11 is 1.06. The maximum atomic E-state index is 12.9. The second-order valence-electron chi connectivity index (χ2n) is 7.71.